The van der Waals surface area contributed by atoms with E-state index in [1.165, 1.54) is 5.56 Å². The van der Waals surface area contributed by atoms with Gasteiger partial charge in [0.15, 0.2) is 12.4 Å². The number of benzene rings is 2. The summed E-state index contributed by atoms with van der Waals surface area (Å²) in [5, 5.41) is 7.05. The molecule has 6 heteroatoms. The largest absolute Gasteiger partial charge is 0.483 e. The first-order valence-electron chi connectivity index (χ1n) is 10.5. The van der Waals surface area contributed by atoms with Crippen molar-refractivity contribution in [2.75, 3.05) is 6.61 Å². The maximum Gasteiger partial charge on any atom is 0.258 e. The summed E-state index contributed by atoms with van der Waals surface area (Å²) >= 11 is 0. The number of rotatable bonds is 9. The second-order valence-electron chi connectivity index (χ2n) is 8.11. The molecule has 1 heterocycles. The van der Waals surface area contributed by atoms with Gasteiger partial charge in [-0.25, -0.2) is 0 Å². The van der Waals surface area contributed by atoms with Crippen molar-refractivity contribution in [3.05, 3.63) is 77.4 Å². The van der Waals surface area contributed by atoms with Gasteiger partial charge in [0, 0.05) is 12.3 Å². The zero-order valence-corrected chi connectivity index (χ0v) is 17.4. The van der Waals surface area contributed by atoms with Crippen molar-refractivity contribution in [1.82, 2.24) is 15.5 Å². The first-order valence-corrected chi connectivity index (χ1v) is 10.5. The van der Waals surface area contributed by atoms with E-state index in [0.29, 0.717) is 17.6 Å². The van der Waals surface area contributed by atoms with Crippen LogP contribution in [0, 0.1) is 5.92 Å². The molecule has 156 valence electrons. The number of ether oxygens (including phenoxy) is 1. The molecule has 1 atom stereocenters. The van der Waals surface area contributed by atoms with Crippen molar-refractivity contribution in [2.24, 2.45) is 5.92 Å². The first kappa shape index (κ1) is 20.1. The van der Waals surface area contributed by atoms with Gasteiger partial charge in [0.05, 0.1) is 0 Å². The van der Waals surface area contributed by atoms with Gasteiger partial charge < -0.3 is 14.6 Å². The van der Waals surface area contributed by atoms with E-state index in [4.69, 9.17) is 9.26 Å². The lowest BCUT2D eigenvalue weighted by atomic mass is 10.0. The van der Waals surface area contributed by atoms with E-state index >= 15 is 0 Å². The predicted octanol–water partition coefficient (Wildman–Crippen LogP) is 4.43. The monoisotopic (exact) mass is 405 g/mol. The molecule has 1 aliphatic carbocycles. The van der Waals surface area contributed by atoms with Crippen LogP contribution in [0.4, 0.5) is 0 Å². The average Bonchev–Trinajstić information content (AvgIpc) is 3.49. The summed E-state index contributed by atoms with van der Waals surface area (Å²) in [6.45, 7) is 3.96. The number of hydrogen-bond donors (Lipinski definition) is 1. The molecule has 0 radical (unpaired) electrons. The van der Waals surface area contributed by atoms with Crippen molar-refractivity contribution in [3.8, 4) is 5.75 Å². The Bertz CT molecular complexity index is 980. The van der Waals surface area contributed by atoms with Crippen LogP contribution >= 0.6 is 0 Å². The maximum absolute atomic E-state index is 12.6. The number of carbonyl (C=O) groups excluding carboxylic acids is 1. The van der Waals surface area contributed by atoms with E-state index in [1.807, 2.05) is 56.3 Å². The van der Waals surface area contributed by atoms with Crippen molar-refractivity contribution in [1.29, 1.82) is 0 Å². The Morgan fingerprint density at radius 2 is 1.87 bits per heavy atom. The minimum Gasteiger partial charge on any atom is -0.483 e. The summed E-state index contributed by atoms with van der Waals surface area (Å²) in [5.74, 6) is 2.24. The third-order valence-electron chi connectivity index (χ3n) is 5.22. The third-order valence-corrected chi connectivity index (χ3v) is 5.22. The Labute approximate surface area is 176 Å². The minimum absolute atomic E-state index is 0.0708. The van der Waals surface area contributed by atoms with E-state index in [9.17, 15) is 4.79 Å². The SMILES string of the molecule is CC(C)C(NC(=O)COc1ccccc1Cc1ccccc1)c1nc(C2CC2)no1. The highest BCUT2D eigenvalue weighted by Crippen LogP contribution is 2.38. The number of aromatic nitrogens is 2. The number of nitrogens with zero attached hydrogens (tertiary/aromatic N) is 2. The summed E-state index contributed by atoms with van der Waals surface area (Å²) in [6, 6.07) is 17.7. The molecule has 4 rings (SSSR count). The minimum atomic E-state index is -0.333. The van der Waals surface area contributed by atoms with Crippen molar-refractivity contribution in [3.63, 3.8) is 0 Å². The van der Waals surface area contributed by atoms with Crippen LogP contribution in [-0.4, -0.2) is 22.7 Å². The summed E-state index contributed by atoms with van der Waals surface area (Å²) in [5.41, 5.74) is 2.24. The summed E-state index contributed by atoms with van der Waals surface area (Å²) < 4.78 is 11.3. The normalized spacial score (nSPS) is 14.5. The molecule has 2 aromatic carbocycles. The van der Waals surface area contributed by atoms with Gasteiger partial charge in [-0.05, 0) is 36.0 Å². The molecule has 1 aromatic heterocycles. The Hall–Kier alpha value is -3.15. The fraction of sp³-hybridized carbons (Fsp3) is 0.375. The lowest BCUT2D eigenvalue weighted by Crippen LogP contribution is -2.35. The van der Waals surface area contributed by atoms with Gasteiger partial charge in [-0.2, -0.15) is 4.98 Å². The van der Waals surface area contributed by atoms with Gasteiger partial charge in [0.2, 0.25) is 5.89 Å². The molecule has 0 aliphatic heterocycles. The van der Waals surface area contributed by atoms with Gasteiger partial charge in [-0.1, -0.05) is 67.5 Å². The number of nitrogens with one attached hydrogen (secondary N) is 1. The standard InChI is InChI=1S/C24H27N3O3/c1-16(2)22(24-26-23(27-30-24)18-12-13-18)25-21(28)15-29-20-11-7-6-10-19(20)14-17-8-4-3-5-9-17/h3-11,16,18,22H,12-15H2,1-2H3,(H,25,28). The summed E-state index contributed by atoms with van der Waals surface area (Å²) in [7, 11) is 0. The second kappa shape index (κ2) is 9.11. The Balaban J connectivity index is 1.38. The average molecular weight is 405 g/mol. The summed E-state index contributed by atoms with van der Waals surface area (Å²) in [6.07, 6.45) is 2.96. The van der Waals surface area contributed by atoms with Gasteiger partial charge in [-0.15, -0.1) is 0 Å². The molecule has 1 unspecified atom stereocenters. The van der Waals surface area contributed by atoms with Crippen molar-refractivity contribution < 1.29 is 14.1 Å². The summed E-state index contributed by atoms with van der Waals surface area (Å²) in [4.78, 5) is 17.1. The smallest absolute Gasteiger partial charge is 0.258 e. The van der Waals surface area contributed by atoms with Gasteiger partial charge in [-0.3, -0.25) is 4.79 Å². The van der Waals surface area contributed by atoms with E-state index in [-0.39, 0.29) is 24.5 Å². The highest BCUT2D eigenvalue weighted by Gasteiger charge is 2.31. The third kappa shape index (κ3) is 5.06. The molecular formula is C24H27N3O3. The Morgan fingerprint density at radius 3 is 2.60 bits per heavy atom. The molecule has 1 fully saturated rings. The van der Waals surface area contributed by atoms with Gasteiger partial charge in [0.25, 0.3) is 5.91 Å². The lowest BCUT2D eigenvalue weighted by Gasteiger charge is -2.19. The Morgan fingerprint density at radius 1 is 1.13 bits per heavy atom. The maximum atomic E-state index is 12.6. The van der Waals surface area contributed by atoms with Crippen LogP contribution in [0.5, 0.6) is 5.75 Å². The van der Waals surface area contributed by atoms with Crippen molar-refractivity contribution in [2.45, 2.75) is 45.1 Å². The molecule has 3 aromatic rings. The fourth-order valence-corrected chi connectivity index (χ4v) is 3.36. The highest BCUT2D eigenvalue weighted by molar-refractivity contribution is 5.78. The Kier molecular flexibility index (Phi) is 6.12. The van der Waals surface area contributed by atoms with Crippen LogP contribution in [0.1, 0.15) is 61.5 Å². The molecule has 1 saturated carbocycles. The fourth-order valence-electron chi connectivity index (χ4n) is 3.36. The zero-order valence-electron chi connectivity index (χ0n) is 17.4. The van der Waals surface area contributed by atoms with E-state index < -0.39 is 0 Å². The van der Waals surface area contributed by atoms with Crippen LogP contribution in [0.2, 0.25) is 0 Å². The van der Waals surface area contributed by atoms with Crippen LogP contribution in [0.3, 0.4) is 0 Å². The molecule has 30 heavy (non-hydrogen) atoms. The van der Waals surface area contributed by atoms with E-state index in [2.05, 4.69) is 27.6 Å². The number of para-hydroxylation sites is 1. The van der Waals surface area contributed by atoms with Crippen LogP contribution in [-0.2, 0) is 11.2 Å². The molecule has 1 amide bonds. The van der Waals surface area contributed by atoms with Crippen molar-refractivity contribution >= 4 is 5.91 Å². The van der Waals surface area contributed by atoms with Crippen LogP contribution in [0.25, 0.3) is 0 Å². The molecular weight excluding hydrogens is 378 g/mol. The van der Waals surface area contributed by atoms with Crippen LogP contribution in [0.15, 0.2) is 59.1 Å². The molecule has 0 spiro atoms. The number of carbonyl (C=O) groups is 1. The number of hydrogen-bond acceptors (Lipinski definition) is 5. The predicted molar refractivity (Wildman–Crippen MR) is 113 cm³/mol. The van der Waals surface area contributed by atoms with Crippen LogP contribution < -0.4 is 10.1 Å². The van der Waals surface area contributed by atoms with Gasteiger partial charge >= 0.3 is 0 Å². The molecule has 1 aliphatic rings. The molecule has 6 nitrogen and oxygen atoms in total. The molecule has 1 N–H and O–H groups in total. The highest BCUT2D eigenvalue weighted by atomic mass is 16.5. The lowest BCUT2D eigenvalue weighted by molar-refractivity contribution is -0.124. The first-order chi connectivity index (χ1) is 14.6. The quantitative estimate of drug-likeness (QED) is 0.570. The van der Waals surface area contributed by atoms with Gasteiger partial charge in [0.1, 0.15) is 11.8 Å². The second-order valence-corrected chi connectivity index (χ2v) is 8.11. The van der Waals surface area contributed by atoms with E-state index in [1.54, 1.807) is 0 Å². The molecule has 0 bridgehead atoms. The zero-order chi connectivity index (χ0) is 20.9. The van der Waals surface area contributed by atoms with E-state index in [0.717, 1.165) is 30.7 Å². The number of amides is 1. The topological polar surface area (TPSA) is 77.2 Å². The molecule has 0 saturated heterocycles.